The molecule has 0 fully saturated rings. The van der Waals surface area contributed by atoms with Crippen molar-refractivity contribution in [1.82, 2.24) is 4.72 Å². The average Bonchev–Trinajstić information content (AvgIpc) is 2.36. The molecule has 0 aromatic heterocycles. The number of sulfonamides is 1. The standard InChI is InChI=1S/C14H23NO2S/c1-5-12(4)13-6-8-14(9-7-13)18(16,17)15-10-11(2)3/h6-9,11-12,15H,5,10H2,1-4H3. The fourth-order valence-corrected chi connectivity index (χ4v) is 2.78. The van der Waals surface area contributed by atoms with Crippen LogP contribution in [0.3, 0.4) is 0 Å². The number of rotatable bonds is 6. The van der Waals surface area contributed by atoms with Gasteiger partial charge in [-0.25, -0.2) is 13.1 Å². The summed E-state index contributed by atoms with van der Waals surface area (Å²) in [6.45, 7) is 8.69. The second kappa shape index (κ2) is 6.34. The number of nitrogens with one attached hydrogen (secondary N) is 1. The summed E-state index contributed by atoms with van der Waals surface area (Å²) in [5, 5.41) is 0. The number of benzene rings is 1. The van der Waals surface area contributed by atoms with Gasteiger partial charge in [-0.1, -0.05) is 39.8 Å². The van der Waals surface area contributed by atoms with E-state index in [2.05, 4.69) is 18.6 Å². The summed E-state index contributed by atoms with van der Waals surface area (Å²) in [4.78, 5) is 0.343. The first kappa shape index (κ1) is 15.2. The van der Waals surface area contributed by atoms with Crippen molar-refractivity contribution in [2.24, 2.45) is 5.92 Å². The Morgan fingerprint density at radius 1 is 1.11 bits per heavy atom. The van der Waals surface area contributed by atoms with Crippen LogP contribution in [-0.2, 0) is 10.0 Å². The third-order valence-electron chi connectivity index (χ3n) is 3.05. The third-order valence-corrected chi connectivity index (χ3v) is 4.49. The summed E-state index contributed by atoms with van der Waals surface area (Å²) in [5.41, 5.74) is 1.18. The summed E-state index contributed by atoms with van der Waals surface area (Å²) < 4.78 is 26.6. The van der Waals surface area contributed by atoms with Crippen LogP contribution < -0.4 is 4.72 Å². The van der Waals surface area contributed by atoms with Crippen molar-refractivity contribution in [3.63, 3.8) is 0 Å². The molecule has 0 amide bonds. The molecular formula is C14H23NO2S. The van der Waals surface area contributed by atoms with Crippen LogP contribution in [-0.4, -0.2) is 15.0 Å². The Balaban J connectivity index is 2.84. The normalized spacial score (nSPS) is 13.8. The SMILES string of the molecule is CCC(C)c1ccc(S(=O)(=O)NCC(C)C)cc1. The summed E-state index contributed by atoms with van der Waals surface area (Å²) in [6, 6.07) is 7.17. The Labute approximate surface area is 111 Å². The van der Waals surface area contributed by atoms with Gasteiger partial charge in [0.1, 0.15) is 0 Å². The minimum absolute atomic E-state index is 0.305. The van der Waals surface area contributed by atoms with Gasteiger partial charge in [-0.15, -0.1) is 0 Å². The Morgan fingerprint density at radius 2 is 1.67 bits per heavy atom. The van der Waals surface area contributed by atoms with Gasteiger partial charge in [0.15, 0.2) is 0 Å². The van der Waals surface area contributed by atoms with Crippen LogP contribution in [0, 0.1) is 5.92 Å². The smallest absolute Gasteiger partial charge is 0.211 e. The quantitative estimate of drug-likeness (QED) is 0.862. The van der Waals surface area contributed by atoms with E-state index in [1.54, 1.807) is 12.1 Å². The van der Waals surface area contributed by atoms with Crippen LogP contribution in [0.15, 0.2) is 29.2 Å². The van der Waals surface area contributed by atoms with Crippen LogP contribution in [0.4, 0.5) is 0 Å². The zero-order valence-corrected chi connectivity index (χ0v) is 12.4. The highest BCUT2D eigenvalue weighted by molar-refractivity contribution is 7.89. The molecule has 1 rings (SSSR count). The second-order valence-corrected chi connectivity index (χ2v) is 6.89. The second-order valence-electron chi connectivity index (χ2n) is 5.12. The first-order chi connectivity index (χ1) is 8.36. The number of hydrogen-bond acceptors (Lipinski definition) is 2. The third kappa shape index (κ3) is 4.10. The molecule has 0 aliphatic heterocycles. The van der Waals surface area contributed by atoms with Gasteiger partial charge in [-0.3, -0.25) is 0 Å². The maximum atomic E-state index is 12.0. The molecule has 1 aromatic rings. The van der Waals surface area contributed by atoms with E-state index in [4.69, 9.17) is 0 Å². The lowest BCUT2D eigenvalue weighted by molar-refractivity contribution is 0.560. The van der Waals surface area contributed by atoms with E-state index < -0.39 is 10.0 Å². The fraction of sp³-hybridized carbons (Fsp3) is 0.571. The molecule has 0 aliphatic rings. The van der Waals surface area contributed by atoms with Gasteiger partial charge in [0.2, 0.25) is 10.0 Å². The fourth-order valence-electron chi connectivity index (χ4n) is 1.57. The summed E-state index contributed by atoms with van der Waals surface area (Å²) >= 11 is 0. The van der Waals surface area contributed by atoms with E-state index in [9.17, 15) is 8.42 Å². The van der Waals surface area contributed by atoms with Crippen molar-refractivity contribution < 1.29 is 8.42 Å². The Hall–Kier alpha value is -0.870. The molecule has 0 aliphatic carbocycles. The van der Waals surface area contributed by atoms with Gasteiger partial charge in [0, 0.05) is 6.54 Å². The Morgan fingerprint density at radius 3 is 2.11 bits per heavy atom. The van der Waals surface area contributed by atoms with Crippen molar-refractivity contribution in [3.8, 4) is 0 Å². The van der Waals surface area contributed by atoms with Gasteiger partial charge >= 0.3 is 0 Å². The van der Waals surface area contributed by atoms with Crippen molar-refractivity contribution in [2.75, 3.05) is 6.54 Å². The molecule has 1 atom stereocenters. The lowest BCUT2D eigenvalue weighted by Gasteiger charge is -2.11. The van der Waals surface area contributed by atoms with Gasteiger partial charge in [-0.05, 0) is 36.0 Å². The van der Waals surface area contributed by atoms with Crippen molar-refractivity contribution in [2.45, 2.75) is 44.9 Å². The molecule has 0 radical (unpaired) electrons. The molecule has 1 aromatic carbocycles. The lowest BCUT2D eigenvalue weighted by atomic mass is 9.99. The van der Waals surface area contributed by atoms with Gasteiger partial charge in [0.05, 0.1) is 4.90 Å². The van der Waals surface area contributed by atoms with Gasteiger partial charge < -0.3 is 0 Å². The monoisotopic (exact) mass is 269 g/mol. The first-order valence-corrected chi connectivity index (χ1v) is 7.94. The predicted octanol–water partition coefficient (Wildman–Crippen LogP) is 3.13. The average molecular weight is 269 g/mol. The van der Waals surface area contributed by atoms with Crippen LogP contribution in [0.5, 0.6) is 0 Å². The lowest BCUT2D eigenvalue weighted by Crippen LogP contribution is -2.27. The maximum Gasteiger partial charge on any atom is 0.240 e. The predicted molar refractivity (Wildman–Crippen MR) is 75.2 cm³/mol. The highest BCUT2D eigenvalue weighted by Gasteiger charge is 2.14. The Bertz CT molecular complexity index is 463. The molecule has 0 spiro atoms. The molecule has 4 heteroatoms. The summed E-state index contributed by atoms with van der Waals surface area (Å²) in [6.07, 6.45) is 1.05. The van der Waals surface area contributed by atoms with Crippen LogP contribution in [0.2, 0.25) is 0 Å². The highest BCUT2D eigenvalue weighted by atomic mass is 32.2. The molecule has 0 heterocycles. The Kier molecular flexibility index (Phi) is 5.35. The molecule has 0 bridgehead atoms. The van der Waals surface area contributed by atoms with Crippen LogP contribution in [0.25, 0.3) is 0 Å². The molecule has 0 saturated carbocycles. The van der Waals surface area contributed by atoms with E-state index >= 15 is 0 Å². The topological polar surface area (TPSA) is 46.2 Å². The maximum absolute atomic E-state index is 12.0. The molecule has 102 valence electrons. The zero-order valence-electron chi connectivity index (χ0n) is 11.6. The molecule has 18 heavy (non-hydrogen) atoms. The van der Waals surface area contributed by atoms with E-state index in [0.717, 1.165) is 6.42 Å². The molecule has 3 nitrogen and oxygen atoms in total. The van der Waals surface area contributed by atoms with Gasteiger partial charge in [-0.2, -0.15) is 0 Å². The zero-order chi connectivity index (χ0) is 13.8. The van der Waals surface area contributed by atoms with E-state index in [1.165, 1.54) is 5.56 Å². The molecule has 1 N–H and O–H groups in total. The van der Waals surface area contributed by atoms with Crippen LogP contribution >= 0.6 is 0 Å². The van der Waals surface area contributed by atoms with E-state index in [0.29, 0.717) is 23.3 Å². The highest BCUT2D eigenvalue weighted by Crippen LogP contribution is 2.20. The van der Waals surface area contributed by atoms with Crippen LogP contribution in [0.1, 0.15) is 45.6 Å². The van der Waals surface area contributed by atoms with Gasteiger partial charge in [0.25, 0.3) is 0 Å². The molecule has 1 unspecified atom stereocenters. The minimum Gasteiger partial charge on any atom is -0.211 e. The minimum atomic E-state index is -3.35. The first-order valence-electron chi connectivity index (χ1n) is 6.46. The van der Waals surface area contributed by atoms with E-state index in [-0.39, 0.29) is 0 Å². The number of hydrogen-bond donors (Lipinski definition) is 1. The molecular weight excluding hydrogens is 246 g/mol. The summed E-state index contributed by atoms with van der Waals surface area (Å²) in [5.74, 6) is 0.768. The van der Waals surface area contributed by atoms with E-state index in [1.807, 2.05) is 26.0 Å². The van der Waals surface area contributed by atoms with Crippen molar-refractivity contribution in [1.29, 1.82) is 0 Å². The van der Waals surface area contributed by atoms with Crippen molar-refractivity contribution in [3.05, 3.63) is 29.8 Å². The molecule has 0 saturated heterocycles. The summed E-state index contributed by atoms with van der Waals surface area (Å²) in [7, 11) is -3.35. The van der Waals surface area contributed by atoms with Crippen molar-refractivity contribution >= 4 is 10.0 Å². The largest absolute Gasteiger partial charge is 0.240 e.